The molecule has 0 saturated carbocycles. The van der Waals surface area contributed by atoms with Crippen LogP contribution < -0.4 is 11.0 Å². The first kappa shape index (κ1) is 28.2. The SMILES string of the molecule is CC(C)S(=O)(=O)N1C[C@H](NC(=O)N2CCC(n3c(=O)[nH]c4ncccc43)CC2)CC[C@@H](c2cccc(F)c2F)C1. The van der Waals surface area contributed by atoms with Gasteiger partial charge in [-0.15, -0.1) is 0 Å². The fourth-order valence-electron chi connectivity index (χ4n) is 5.78. The van der Waals surface area contributed by atoms with E-state index in [4.69, 9.17) is 0 Å². The van der Waals surface area contributed by atoms with Crippen LogP contribution in [0.3, 0.4) is 0 Å². The second-order valence-electron chi connectivity index (χ2n) is 10.9. The molecule has 40 heavy (non-hydrogen) atoms. The number of fused-ring (bicyclic) bond motifs is 1. The number of aromatic nitrogens is 3. The van der Waals surface area contributed by atoms with Gasteiger partial charge in [-0.2, -0.15) is 4.31 Å². The number of rotatable bonds is 5. The number of imidazole rings is 1. The lowest BCUT2D eigenvalue weighted by molar-refractivity contribution is 0.167. The van der Waals surface area contributed by atoms with Crippen molar-refractivity contribution in [3.05, 3.63) is 64.2 Å². The summed E-state index contributed by atoms with van der Waals surface area (Å²) in [6, 6.07) is 6.67. The Kier molecular flexibility index (Phi) is 7.96. The highest BCUT2D eigenvalue weighted by molar-refractivity contribution is 7.89. The van der Waals surface area contributed by atoms with E-state index >= 15 is 0 Å². The molecule has 2 aliphatic heterocycles. The van der Waals surface area contributed by atoms with E-state index in [1.54, 1.807) is 35.6 Å². The number of urea groups is 1. The van der Waals surface area contributed by atoms with E-state index in [0.717, 1.165) is 11.6 Å². The number of H-pyrrole nitrogens is 1. The minimum Gasteiger partial charge on any atom is -0.334 e. The third-order valence-electron chi connectivity index (χ3n) is 8.02. The molecule has 2 fully saturated rings. The molecule has 0 spiro atoms. The van der Waals surface area contributed by atoms with Gasteiger partial charge in [-0.05, 0) is 63.3 Å². The number of halogens is 2. The van der Waals surface area contributed by atoms with E-state index in [-0.39, 0.29) is 36.4 Å². The lowest BCUT2D eigenvalue weighted by atomic mass is 9.93. The number of pyridine rings is 1. The Hall–Kier alpha value is -3.32. The minimum atomic E-state index is -3.72. The van der Waals surface area contributed by atoms with Crippen molar-refractivity contribution in [2.75, 3.05) is 26.2 Å². The molecule has 0 aliphatic carbocycles. The average molecular weight is 577 g/mol. The smallest absolute Gasteiger partial charge is 0.327 e. The summed E-state index contributed by atoms with van der Waals surface area (Å²) in [5, 5.41) is 2.28. The topological polar surface area (TPSA) is 120 Å². The molecule has 3 aromatic rings. The van der Waals surface area contributed by atoms with Crippen LogP contribution in [0.1, 0.15) is 57.1 Å². The van der Waals surface area contributed by atoms with Gasteiger partial charge in [0.05, 0.1) is 10.8 Å². The molecule has 0 bridgehead atoms. The standard InChI is InChI=1S/C27H34F2N6O4S/c1-17(2)40(38,39)34-15-18(21-5-3-6-22(28)24(21)29)8-9-19(16-34)31-26(36)33-13-10-20(11-14-33)35-23-7-4-12-30-25(23)32-27(35)37/h3-7,12,17-20H,8-11,13-16H2,1-2H3,(H,31,36)(H,30,32,37)/t18-,19-/m1/s1. The van der Waals surface area contributed by atoms with Crippen molar-refractivity contribution in [2.24, 2.45) is 0 Å². The Morgan fingerprint density at radius 1 is 1.07 bits per heavy atom. The van der Waals surface area contributed by atoms with Crippen LogP contribution in [0.4, 0.5) is 13.6 Å². The van der Waals surface area contributed by atoms with Gasteiger partial charge in [0.25, 0.3) is 0 Å². The lowest BCUT2D eigenvalue weighted by Gasteiger charge is -2.34. The number of likely N-dealkylation sites (tertiary alicyclic amines) is 1. The molecule has 2 atom stereocenters. The summed E-state index contributed by atoms with van der Waals surface area (Å²) in [7, 11) is -3.72. The zero-order valence-electron chi connectivity index (χ0n) is 22.5. The van der Waals surface area contributed by atoms with Crippen molar-refractivity contribution in [2.45, 2.75) is 62.8 Å². The maximum absolute atomic E-state index is 14.6. The summed E-state index contributed by atoms with van der Waals surface area (Å²) >= 11 is 0. The zero-order valence-corrected chi connectivity index (χ0v) is 23.3. The van der Waals surface area contributed by atoms with E-state index in [1.807, 2.05) is 6.07 Å². The zero-order chi connectivity index (χ0) is 28.6. The first-order valence-corrected chi connectivity index (χ1v) is 15.1. The Morgan fingerprint density at radius 3 is 2.55 bits per heavy atom. The highest BCUT2D eigenvalue weighted by atomic mass is 32.2. The number of hydrogen-bond donors (Lipinski definition) is 2. The third kappa shape index (κ3) is 5.49. The molecule has 10 nitrogen and oxygen atoms in total. The van der Waals surface area contributed by atoms with E-state index < -0.39 is 38.9 Å². The molecule has 4 heterocycles. The molecule has 0 radical (unpaired) electrons. The lowest BCUT2D eigenvalue weighted by Crippen LogP contribution is -2.52. The third-order valence-corrected chi connectivity index (χ3v) is 10.2. The number of nitrogens with one attached hydrogen (secondary N) is 2. The second kappa shape index (κ2) is 11.3. The van der Waals surface area contributed by atoms with Crippen molar-refractivity contribution in [3.63, 3.8) is 0 Å². The maximum atomic E-state index is 14.6. The molecule has 2 amide bonds. The number of carbonyl (C=O) groups is 1. The number of nitrogens with zero attached hydrogens (tertiary/aromatic N) is 4. The normalized spacial score (nSPS) is 21.6. The summed E-state index contributed by atoms with van der Waals surface area (Å²) < 4.78 is 58.0. The second-order valence-corrected chi connectivity index (χ2v) is 13.4. The average Bonchev–Trinajstić information content (AvgIpc) is 3.11. The van der Waals surface area contributed by atoms with E-state index in [2.05, 4.69) is 15.3 Å². The number of piperidine rings is 1. The molecule has 13 heteroatoms. The number of aromatic amines is 1. The Labute approximate surface area is 231 Å². The molecule has 2 N–H and O–H groups in total. The van der Waals surface area contributed by atoms with Gasteiger partial charge in [0.15, 0.2) is 17.3 Å². The van der Waals surface area contributed by atoms with Crippen LogP contribution >= 0.6 is 0 Å². The van der Waals surface area contributed by atoms with Gasteiger partial charge in [0.1, 0.15) is 0 Å². The predicted molar refractivity (Wildman–Crippen MR) is 146 cm³/mol. The molecular weight excluding hydrogens is 542 g/mol. The van der Waals surface area contributed by atoms with Crippen LogP contribution in [0.25, 0.3) is 11.2 Å². The minimum absolute atomic E-state index is 0.00683. The maximum Gasteiger partial charge on any atom is 0.327 e. The number of benzene rings is 1. The van der Waals surface area contributed by atoms with Crippen LogP contribution in [0.15, 0.2) is 41.3 Å². The predicted octanol–water partition coefficient (Wildman–Crippen LogP) is 3.34. The van der Waals surface area contributed by atoms with Gasteiger partial charge in [-0.25, -0.2) is 31.8 Å². The van der Waals surface area contributed by atoms with Gasteiger partial charge in [0, 0.05) is 50.4 Å². The van der Waals surface area contributed by atoms with Gasteiger partial charge >= 0.3 is 11.7 Å². The van der Waals surface area contributed by atoms with Crippen molar-refractivity contribution in [1.29, 1.82) is 0 Å². The van der Waals surface area contributed by atoms with E-state index in [9.17, 15) is 26.8 Å². The summed E-state index contributed by atoms with van der Waals surface area (Å²) in [4.78, 5) is 34.4. The molecule has 2 aliphatic rings. The highest BCUT2D eigenvalue weighted by Gasteiger charge is 2.36. The summed E-state index contributed by atoms with van der Waals surface area (Å²) in [5.74, 6) is -2.49. The van der Waals surface area contributed by atoms with Crippen molar-refractivity contribution in [1.82, 2.24) is 29.1 Å². The number of sulfonamides is 1. The fraction of sp³-hybridized carbons (Fsp3) is 0.519. The van der Waals surface area contributed by atoms with Crippen molar-refractivity contribution >= 4 is 27.2 Å². The van der Waals surface area contributed by atoms with Crippen LogP contribution in [-0.4, -0.2) is 75.7 Å². The van der Waals surface area contributed by atoms with Crippen LogP contribution in [0, 0.1) is 11.6 Å². The monoisotopic (exact) mass is 576 g/mol. The molecule has 2 aromatic heterocycles. The fourth-order valence-corrected chi connectivity index (χ4v) is 7.15. The van der Waals surface area contributed by atoms with Gasteiger partial charge in [-0.3, -0.25) is 9.55 Å². The number of amides is 2. The van der Waals surface area contributed by atoms with Crippen molar-refractivity contribution in [3.8, 4) is 0 Å². The van der Waals surface area contributed by atoms with E-state index in [1.165, 1.54) is 16.4 Å². The van der Waals surface area contributed by atoms with Crippen LogP contribution in [0.2, 0.25) is 0 Å². The van der Waals surface area contributed by atoms with Gasteiger partial charge < -0.3 is 10.2 Å². The molecule has 0 unspecified atom stereocenters. The summed E-state index contributed by atoms with van der Waals surface area (Å²) in [6.07, 6.45) is 3.57. The molecule has 5 rings (SSSR count). The van der Waals surface area contributed by atoms with E-state index in [0.29, 0.717) is 44.4 Å². The van der Waals surface area contributed by atoms with Crippen LogP contribution in [-0.2, 0) is 10.0 Å². The highest BCUT2D eigenvalue weighted by Crippen LogP contribution is 2.31. The summed E-state index contributed by atoms with van der Waals surface area (Å²) in [6.45, 7) is 4.05. The van der Waals surface area contributed by atoms with Gasteiger partial charge in [0.2, 0.25) is 10.0 Å². The largest absolute Gasteiger partial charge is 0.334 e. The van der Waals surface area contributed by atoms with Gasteiger partial charge in [-0.1, -0.05) is 12.1 Å². The van der Waals surface area contributed by atoms with Crippen molar-refractivity contribution < 1.29 is 22.0 Å². The summed E-state index contributed by atoms with van der Waals surface area (Å²) in [5.41, 5.74) is 1.16. The molecular formula is C27H34F2N6O4S. The Morgan fingerprint density at radius 2 is 1.82 bits per heavy atom. The Bertz CT molecular complexity index is 1550. The molecule has 216 valence electrons. The first-order valence-electron chi connectivity index (χ1n) is 13.6. The Balaban J connectivity index is 1.28. The molecule has 1 aromatic carbocycles. The van der Waals surface area contributed by atoms with Crippen LogP contribution in [0.5, 0.6) is 0 Å². The number of carbonyl (C=O) groups excluding carboxylic acids is 1. The molecule has 2 saturated heterocycles. The quantitative estimate of drug-likeness (QED) is 0.483. The number of hydrogen-bond acceptors (Lipinski definition) is 5. The first-order chi connectivity index (χ1) is 19.1.